The van der Waals surface area contributed by atoms with Crippen LogP contribution in [0, 0.1) is 5.92 Å². The number of fused-ring (bicyclic) bond motifs is 3. The summed E-state index contributed by atoms with van der Waals surface area (Å²) in [5.41, 5.74) is 4.49. The lowest BCUT2D eigenvalue weighted by Crippen LogP contribution is -2.48. The van der Waals surface area contributed by atoms with E-state index in [0.717, 1.165) is 55.3 Å². The maximum Gasteiger partial charge on any atom is 0.264 e. The number of carbonyl (C=O) groups excluding carboxylic acids is 3. The summed E-state index contributed by atoms with van der Waals surface area (Å²) in [4.78, 5) is 48.0. The molecule has 2 saturated heterocycles. The molecule has 0 aliphatic carbocycles. The summed E-state index contributed by atoms with van der Waals surface area (Å²) in [7, 11) is -3.54. The smallest absolute Gasteiger partial charge is 0.264 e. The van der Waals surface area contributed by atoms with Crippen molar-refractivity contribution in [2.24, 2.45) is 5.92 Å². The number of hydrogen-bond acceptors (Lipinski definition) is 5. The summed E-state index contributed by atoms with van der Waals surface area (Å²) < 4.78 is 23.7. The van der Waals surface area contributed by atoms with Gasteiger partial charge < -0.3 is 28.7 Å². The molecule has 6 rings (SSSR count). The average Bonchev–Trinajstić information content (AvgIpc) is 3.53. The van der Waals surface area contributed by atoms with Gasteiger partial charge >= 0.3 is 0 Å². The highest BCUT2D eigenvalue weighted by Gasteiger charge is 2.67. The van der Waals surface area contributed by atoms with Crippen LogP contribution in [0.4, 0.5) is 15.5 Å². The van der Waals surface area contributed by atoms with Crippen molar-refractivity contribution in [3.8, 4) is 0 Å². The fourth-order valence-electron chi connectivity index (χ4n) is 9.29. The van der Waals surface area contributed by atoms with E-state index >= 15 is 8.90 Å². The number of carbonyl (C=O) groups is 3. The van der Waals surface area contributed by atoms with Gasteiger partial charge in [-0.2, -0.15) is 0 Å². The molecule has 8 nitrogen and oxygen atoms in total. The minimum Gasteiger partial charge on any atom is -0.394 e. The van der Waals surface area contributed by atoms with Gasteiger partial charge in [-0.15, -0.1) is 0 Å². The zero-order chi connectivity index (χ0) is 38.1. The van der Waals surface area contributed by atoms with Gasteiger partial charge in [-0.25, -0.2) is 0 Å². The zero-order valence-corrected chi connectivity index (χ0v) is 33.5. The number of halogens is 1. The Morgan fingerprint density at radius 1 is 1.04 bits per heavy atom. The third-order valence-electron chi connectivity index (χ3n) is 12.1. The second-order valence-electron chi connectivity index (χ2n) is 16.5. The average molecular weight is 744 g/mol. The first-order valence-corrected chi connectivity index (χ1v) is 22.6. The summed E-state index contributed by atoms with van der Waals surface area (Å²) in [5, 5.41) is 10.3. The Balaban J connectivity index is 1.38. The highest BCUT2D eigenvalue weighted by atomic mass is 28.4. The zero-order valence-electron chi connectivity index (χ0n) is 32.5. The Bertz CT molecular complexity index is 1770. The summed E-state index contributed by atoms with van der Waals surface area (Å²) in [6, 6.07) is 13.3. The Kier molecular flexibility index (Phi) is 11.8. The first-order chi connectivity index (χ1) is 25.3. The van der Waals surface area contributed by atoms with Gasteiger partial charge in [0.15, 0.2) is 5.60 Å². The molecule has 286 valence electrons. The number of benzene rings is 2. The van der Waals surface area contributed by atoms with Crippen molar-refractivity contribution in [1.82, 2.24) is 4.90 Å². The van der Waals surface area contributed by atoms with Crippen LogP contribution in [0.25, 0.3) is 0 Å². The molecule has 0 bridgehead atoms. The molecule has 10 heteroatoms. The Morgan fingerprint density at radius 2 is 1.77 bits per heavy atom. The molecule has 2 fully saturated rings. The van der Waals surface area contributed by atoms with E-state index in [-0.39, 0.29) is 30.7 Å². The molecule has 3 amide bonds. The molecule has 4 heterocycles. The van der Waals surface area contributed by atoms with Crippen molar-refractivity contribution < 1.29 is 28.3 Å². The van der Waals surface area contributed by atoms with Crippen molar-refractivity contribution in [2.45, 2.75) is 128 Å². The third kappa shape index (κ3) is 7.82. The molecular formula is C43H58FN3O5Si. The molecule has 2 aromatic rings. The monoisotopic (exact) mass is 743 g/mol. The molecule has 0 unspecified atom stereocenters. The molecule has 0 saturated carbocycles. The summed E-state index contributed by atoms with van der Waals surface area (Å²) in [6.07, 6.45) is 10.0. The lowest BCUT2D eigenvalue weighted by Gasteiger charge is -2.37. The van der Waals surface area contributed by atoms with Crippen LogP contribution < -0.4 is 9.80 Å². The van der Waals surface area contributed by atoms with E-state index < -0.39 is 37.6 Å². The van der Waals surface area contributed by atoms with Crippen LogP contribution in [-0.4, -0.2) is 68.0 Å². The number of rotatable bonds is 10. The molecule has 2 aromatic carbocycles. The standard InChI is InChI=1S/C43H58FN3O5Si/c1-29(2)14-13-15-30(3)21-23-46-37-20-19-34(45-22-12-8-7-9-18-39(45)49)25-36(37)43(42(46)51)31(4)41(53(5,6)44)38(52-43)26-40(50)47-27-33-17-11-10-16-32(33)24-35(47)28-48/h10-11,14,16-17,19-21,25,31,35,38,41,48H,7-9,12-13,15,18,22-24,26-28H2,1-6H3/b30-21+/t31-,35-,38+,41-,43+/m0/s1. The lowest BCUT2D eigenvalue weighted by molar-refractivity contribution is -0.150. The van der Waals surface area contributed by atoms with E-state index in [1.54, 1.807) is 22.9 Å². The minimum atomic E-state index is -3.54. The molecule has 5 atom stereocenters. The number of aliphatic hydroxyl groups is 1. The first kappa shape index (κ1) is 39.1. The number of aliphatic hydroxyl groups excluding tert-OH is 1. The maximum absolute atomic E-state index is 16.7. The Labute approximate surface area is 316 Å². The maximum atomic E-state index is 16.7. The van der Waals surface area contributed by atoms with Gasteiger partial charge in [-0.1, -0.05) is 67.3 Å². The van der Waals surface area contributed by atoms with Crippen molar-refractivity contribution in [2.75, 3.05) is 29.5 Å². The van der Waals surface area contributed by atoms with Gasteiger partial charge in [0.2, 0.25) is 20.2 Å². The van der Waals surface area contributed by atoms with E-state index in [2.05, 4.69) is 32.9 Å². The molecule has 0 radical (unpaired) electrons. The van der Waals surface area contributed by atoms with Gasteiger partial charge in [-0.3, -0.25) is 14.4 Å². The van der Waals surface area contributed by atoms with Gasteiger partial charge in [0.1, 0.15) is 0 Å². The molecule has 4 aliphatic heterocycles. The van der Waals surface area contributed by atoms with Crippen LogP contribution >= 0.6 is 0 Å². The van der Waals surface area contributed by atoms with E-state index in [0.29, 0.717) is 43.7 Å². The number of hydrogen-bond donors (Lipinski definition) is 1. The summed E-state index contributed by atoms with van der Waals surface area (Å²) >= 11 is 0. The number of amides is 3. The van der Waals surface area contributed by atoms with Crippen LogP contribution in [0.5, 0.6) is 0 Å². The molecular weight excluding hydrogens is 686 g/mol. The second-order valence-corrected chi connectivity index (χ2v) is 20.3. The fraction of sp³-hybridized carbons (Fsp3) is 0.558. The van der Waals surface area contributed by atoms with Crippen molar-refractivity contribution in [3.63, 3.8) is 0 Å². The second kappa shape index (κ2) is 16.0. The number of ether oxygens (including phenoxy) is 1. The number of nitrogens with zero attached hydrogens (tertiary/aromatic N) is 3. The number of anilines is 2. The molecule has 53 heavy (non-hydrogen) atoms. The van der Waals surface area contributed by atoms with Crippen molar-refractivity contribution in [3.05, 3.63) is 82.5 Å². The highest BCUT2D eigenvalue weighted by molar-refractivity contribution is 6.72. The van der Waals surface area contributed by atoms with Crippen molar-refractivity contribution >= 4 is 37.5 Å². The van der Waals surface area contributed by atoms with Crippen LogP contribution in [-0.2, 0) is 37.7 Å². The van der Waals surface area contributed by atoms with E-state index in [1.807, 2.05) is 54.3 Å². The topological polar surface area (TPSA) is 90.4 Å². The lowest BCUT2D eigenvalue weighted by atomic mass is 9.82. The highest BCUT2D eigenvalue weighted by Crippen LogP contribution is 2.60. The number of allylic oxidation sites excluding steroid dienone is 3. The first-order valence-electron chi connectivity index (χ1n) is 19.7. The summed E-state index contributed by atoms with van der Waals surface area (Å²) in [6.45, 7) is 12.6. The predicted octanol–water partition coefficient (Wildman–Crippen LogP) is 8.13. The van der Waals surface area contributed by atoms with Gasteiger partial charge in [-0.05, 0) is 95.3 Å². The normalized spacial score (nSPS) is 26.4. The van der Waals surface area contributed by atoms with E-state index in [1.165, 1.54) is 11.1 Å². The molecule has 0 aromatic heterocycles. The molecule has 4 aliphatic rings. The molecule has 1 spiro atoms. The van der Waals surface area contributed by atoms with E-state index in [4.69, 9.17) is 4.74 Å². The van der Waals surface area contributed by atoms with Gasteiger partial charge in [0, 0.05) is 48.8 Å². The third-order valence-corrected chi connectivity index (χ3v) is 14.5. The quantitative estimate of drug-likeness (QED) is 0.151. The predicted molar refractivity (Wildman–Crippen MR) is 211 cm³/mol. The van der Waals surface area contributed by atoms with Crippen LogP contribution in [0.1, 0.15) is 95.8 Å². The van der Waals surface area contributed by atoms with Gasteiger partial charge in [0.05, 0.1) is 30.9 Å². The fourth-order valence-corrected chi connectivity index (χ4v) is 11.8. The Morgan fingerprint density at radius 3 is 2.49 bits per heavy atom. The largest absolute Gasteiger partial charge is 0.394 e. The van der Waals surface area contributed by atoms with Crippen LogP contribution in [0.3, 0.4) is 0 Å². The Hall–Kier alpha value is -3.60. The summed E-state index contributed by atoms with van der Waals surface area (Å²) in [5.74, 6) is -0.966. The minimum absolute atomic E-state index is 0.0652. The van der Waals surface area contributed by atoms with Crippen LogP contribution in [0.2, 0.25) is 18.6 Å². The molecule has 1 N–H and O–H groups in total. The van der Waals surface area contributed by atoms with Crippen molar-refractivity contribution in [1.29, 1.82) is 0 Å². The van der Waals surface area contributed by atoms with Crippen LogP contribution in [0.15, 0.2) is 65.8 Å². The van der Waals surface area contributed by atoms with E-state index in [9.17, 15) is 14.7 Å². The SMILES string of the molecule is CC(C)=CCC/C(C)=C/CN1C(=O)[C@]2(O[C@H](CC(=O)N3Cc4ccccc4C[C@H]3CO)[C@@H]([Si](C)(C)F)[C@@H]2C)c2cc(N3CCCCCCC3=O)ccc21. The van der Waals surface area contributed by atoms with Gasteiger partial charge in [0.25, 0.3) is 5.91 Å².